The molecule has 4 aromatic rings. The first-order valence-corrected chi connectivity index (χ1v) is 8.98. The number of aromatic carboxylic acids is 1. The Hall–Kier alpha value is -4.19. The van der Waals surface area contributed by atoms with E-state index in [1.54, 1.807) is 36.4 Å². The maximum Gasteiger partial charge on any atom is 0.337 e. The second-order valence-corrected chi connectivity index (χ2v) is 6.77. The number of rotatable bonds is 3. The summed E-state index contributed by atoms with van der Waals surface area (Å²) in [6.45, 7) is 0. The number of hydrogen-bond acceptors (Lipinski definition) is 3. The van der Waals surface area contributed by atoms with E-state index in [9.17, 15) is 19.5 Å². The molecule has 0 spiro atoms. The van der Waals surface area contributed by atoms with Gasteiger partial charge in [-0.15, -0.1) is 0 Å². The Morgan fingerprint density at radius 2 is 1.52 bits per heavy atom. The maximum absolute atomic E-state index is 12.9. The minimum atomic E-state index is -1.21. The third-order valence-corrected chi connectivity index (χ3v) is 5.17. The first-order chi connectivity index (χ1) is 14.1. The summed E-state index contributed by atoms with van der Waals surface area (Å²) in [6, 6.07) is 18.9. The Morgan fingerprint density at radius 3 is 2.21 bits per heavy atom. The minimum Gasteiger partial charge on any atom is -0.478 e. The van der Waals surface area contributed by atoms with Crippen molar-refractivity contribution in [1.29, 1.82) is 0 Å². The number of H-pyrrole nitrogens is 1. The molecule has 1 aliphatic rings. The Balaban J connectivity index is 1.72. The summed E-state index contributed by atoms with van der Waals surface area (Å²) >= 11 is 0. The lowest BCUT2D eigenvalue weighted by atomic mass is 9.99. The van der Waals surface area contributed by atoms with Crippen LogP contribution in [-0.4, -0.2) is 27.9 Å². The molecule has 140 valence electrons. The van der Waals surface area contributed by atoms with Crippen LogP contribution in [0.2, 0.25) is 0 Å². The van der Waals surface area contributed by atoms with Crippen molar-refractivity contribution in [2.45, 2.75) is 0 Å². The summed E-state index contributed by atoms with van der Waals surface area (Å²) in [7, 11) is 0. The van der Waals surface area contributed by atoms with Crippen molar-refractivity contribution in [2.24, 2.45) is 0 Å². The van der Waals surface area contributed by atoms with Gasteiger partial charge in [0.15, 0.2) is 0 Å². The molecule has 0 aliphatic carbocycles. The molecule has 0 fully saturated rings. The van der Waals surface area contributed by atoms with Gasteiger partial charge in [-0.1, -0.05) is 30.3 Å². The van der Waals surface area contributed by atoms with Crippen LogP contribution in [0, 0.1) is 0 Å². The van der Waals surface area contributed by atoms with Crippen molar-refractivity contribution >= 4 is 34.4 Å². The van der Waals surface area contributed by atoms with Gasteiger partial charge in [0.25, 0.3) is 11.8 Å². The van der Waals surface area contributed by atoms with Gasteiger partial charge in [-0.25, -0.2) is 9.69 Å². The number of nitrogens with one attached hydrogen (secondary N) is 1. The number of nitrogens with zero attached hydrogens (tertiary/aromatic N) is 1. The van der Waals surface area contributed by atoms with Crippen LogP contribution in [0.4, 0.5) is 5.69 Å². The number of carboxylic acids is 1. The summed E-state index contributed by atoms with van der Waals surface area (Å²) in [5, 5.41) is 10.6. The van der Waals surface area contributed by atoms with E-state index < -0.39 is 17.8 Å². The molecule has 5 rings (SSSR count). The van der Waals surface area contributed by atoms with Gasteiger partial charge >= 0.3 is 5.97 Å². The minimum absolute atomic E-state index is 0.0636. The van der Waals surface area contributed by atoms with Crippen LogP contribution in [0.1, 0.15) is 31.1 Å². The van der Waals surface area contributed by atoms with Crippen molar-refractivity contribution in [1.82, 2.24) is 4.98 Å². The molecule has 6 heteroatoms. The van der Waals surface area contributed by atoms with E-state index >= 15 is 0 Å². The normalized spacial score (nSPS) is 13.2. The molecule has 1 aliphatic heterocycles. The Kier molecular flexibility index (Phi) is 3.61. The van der Waals surface area contributed by atoms with Crippen molar-refractivity contribution < 1.29 is 19.5 Å². The summed E-state index contributed by atoms with van der Waals surface area (Å²) in [5.41, 5.74) is 3.02. The summed E-state index contributed by atoms with van der Waals surface area (Å²) in [6.07, 6.45) is 1.82. The van der Waals surface area contributed by atoms with Gasteiger partial charge in [0, 0.05) is 17.1 Å². The van der Waals surface area contributed by atoms with Crippen LogP contribution >= 0.6 is 0 Å². The van der Waals surface area contributed by atoms with Crippen LogP contribution in [0.3, 0.4) is 0 Å². The van der Waals surface area contributed by atoms with Crippen LogP contribution in [-0.2, 0) is 0 Å². The topological polar surface area (TPSA) is 90.5 Å². The zero-order valence-electron chi connectivity index (χ0n) is 15.0. The molecule has 6 nitrogen and oxygen atoms in total. The quantitative estimate of drug-likeness (QED) is 0.516. The number of aromatic nitrogens is 1. The van der Waals surface area contributed by atoms with Crippen molar-refractivity contribution in [2.75, 3.05) is 4.90 Å². The number of aromatic amines is 1. The molecule has 0 saturated carbocycles. The lowest BCUT2D eigenvalue weighted by Crippen LogP contribution is -2.31. The van der Waals surface area contributed by atoms with E-state index in [1.165, 1.54) is 6.07 Å². The van der Waals surface area contributed by atoms with Gasteiger partial charge in [0.05, 0.1) is 22.4 Å². The molecular formula is C23H14N2O4. The van der Waals surface area contributed by atoms with Crippen LogP contribution < -0.4 is 4.90 Å². The Labute approximate surface area is 165 Å². The molecule has 1 aromatic heterocycles. The Bertz CT molecular complexity index is 1300. The highest BCUT2D eigenvalue weighted by molar-refractivity contribution is 6.35. The second kappa shape index (κ2) is 6.17. The molecule has 0 bridgehead atoms. The number of carbonyl (C=O) groups excluding carboxylic acids is 2. The molecule has 0 saturated heterocycles. The highest BCUT2D eigenvalue weighted by Gasteiger charge is 2.38. The van der Waals surface area contributed by atoms with Crippen LogP contribution in [0.15, 0.2) is 72.9 Å². The molecule has 2 amide bonds. The SMILES string of the molecule is O=C(O)c1ccc(-c2cccc3[nH]ccc23)cc1N1C(=O)c2ccccc2C1=O. The zero-order valence-corrected chi connectivity index (χ0v) is 15.0. The van der Waals surface area contributed by atoms with E-state index in [2.05, 4.69) is 4.98 Å². The van der Waals surface area contributed by atoms with E-state index in [0.717, 1.165) is 21.4 Å². The number of fused-ring (bicyclic) bond motifs is 2. The van der Waals surface area contributed by atoms with E-state index in [1.807, 2.05) is 30.5 Å². The lowest BCUT2D eigenvalue weighted by molar-refractivity contribution is 0.0698. The average Bonchev–Trinajstić information content (AvgIpc) is 3.31. The van der Waals surface area contributed by atoms with Gasteiger partial charge in [0.2, 0.25) is 0 Å². The predicted molar refractivity (Wildman–Crippen MR) is 108 cm³/mol. The van der Waals surface area contributed by atoms with Crippen molar-refractivity contribution in [3.05, 3.63) is 89.6 Å². The highest BCUT2D eigenvalue weighted by atomic mass is 16.4. The van der Waals surface area contributed by atoms with Crippen LogP contribution in [0.5, 0.6) is 0 Å². The fourth-order valence-corrected chi connectivity index (χ4v) is 3.81. The smallest absolute Gasteiger partial charge is 0.337 e. The Morgan fingerprint density at radius 1 is 0.828 bits per heavy atom. The average molecular weight is 382 g/mol. The van der Waals surface area contributed by atoms with E-state index in [0.29, 0.717) is 5.56 Å². The van der Waals surface area contributed by atoms with E-state index in [-0.39, 0.29) is 22.4 Å². The summed E-state index contributed by atoms with van der Waals surface area (Å²) in [5.74, 6) is -2.25. The fraction of sp³-hybridized carbons (Fsp3) is 0. The number of anilines is 1. The standard InChI is InChI=1S/C23H14N2O4/c26-21-16-4-1-2-5-17(16)22(27)25(21)20-12-13(8-9-18(20)23(28)29)14-6-3-7-19-15(14)10-11-24-19/h1-12,24H,(H,28,29). The zero-order chi connectivity index (χ0) is 20.1. The van der Waals surface area contributed by atoms with Crippen molar-refractivity contribution in [3.63, 3.8) is 0 Å². The van der Waals surface area contributed by atoms with E-state index in [4.69, 9.17) is 0 Å². The number of benzene rings is 3. The third-order valence-electron chi connectivity index (χ3n) is 5.17. The second-order valence-electron chi connectivity index (χ2n) is 6.77. The van der Waals surface area contributed by atoms with Crippen molar-refractivity contribution in [3.8, 4) is 11.1 Å². The van der Waals surface area contributed by atoms with Gasteiger partial charge in [-0.3, -0.25) is 9.59 Å². The molecular weight excluding hydrogens is 368 g/mol. The monoisotopic (exact) mass is 382 g/mol. The largest absolute Gasteiger partial charge is 0.478 e. The molecule has 0 unspecified atom stereocenters. The number of carbonyl (C=O) groups is 3. The first kappa shape index (κ1) is 16.9. The molecule has 2 N–H and O–H groups in total. The van der Waals surface area contributed by atoms with Gasteiger partial charge < -0.3 is 10.1 Å². The molecule has 0 radical (unpaired) electrons. The fourth-order valence-electron chi connectivity index (χ4n) is 3.81. The molecule has 2 heterocycles. The maximum atomic E-state index is 12.9. The summed E-state index contributed by atoms with van der Waals surface area (Å²) in [4.78, 5) is 41.7. The first-order valence-electron chi connectivity index (χ1n) is 8.98. The molecule has 29 heavy (non-hydrogen) atoms. The highest BCUT2D eigenvalue weighted by Crippen LogP contribution is 2.36. The number of hydrogen-bond donors (Lipinski definition) is 2. The van der Waals surface area contributed by atoms with Gasteiger partial charge in [-0.2, -0.15) is 0 Å². The lowest BCUT2D eigenvalue weighted by Gasteiger charge is -2.18. The number of carboxylic acid groups (broad SMARTS) is 1. The van der Waals surface area contributed by atoms with Gasteiger partial charge in [0.1, 0.15) is 0 Å². The third kappa shape index (κ3) is 2.46. The number of imide groups is 1. The van der Waals surface area contributed by atoms with Crippen LogP contribution in [0.25, 0.3) is 22.0 Å². The molecule has 0 atom stereocenters. The number of amides is 2. The molecule has 3 aromatic carbocycles. The summed E-state index contributed by atoms with van der Waals surface area (Å²) < 4.78 is 0. The van der Waals surface area contributed by atoms with Gasteiger partial charge in [-0.05, 0) is 47.5 Å². The predicted octanol–water partition coefficient (Wildman–Crippen LogP) is 4.33.